The molecule has 0 N–H and O–H groups in total. The highest BCUT2D eigenvalue weighted by Gasteiger charge is 2.20. The van der Waals surface area contributed by atoms with E-state index in [9.17, 15) is 10.5 Å². The van der Waals surface area contributed by atoms with Crippen molar-refractivity contribution < 1.29 is 0 Å². The van der Waals surface area contributed by atoms with Crippen LogP contribution >= 0.6 is 0 Å². The minimum Gasteiger partial charge on any atom is -0.309 e. The fraction of sp³-hybridized carbons (Fsp3) is 0. The van der Waals surface area contributed by atoms with Gasteiger partial charge in [-0.3, -0.25) is 0 Å². The van der Waals surface area contributed by atoms with E-state index < -0.39 is 0 Å². The van der Waals surface area contributed by atoms with Gasteiger partial charge in [0, 0.05) is 32.9 Å². The topological polar surface area (TPSA) is 57.4 Å². The summed E-state index contributed by atoms with van der Waals surface area (Å²) in [5.41, 5.74) is 22.4. The van der Waals surface area contributed by atoms with Gasteiger partial charge in [0.2, 0.25) is 0 Å². The van der Waals surface area contributed by atoms with E-state index in [-0.39, 0.29) is 0 Å². The third-order valence-corrected chi connectivity index (χ3v) is 21.2. The molecule has 2 aromatic heterocycles. The molecule has 0 aliphatic carbocycles. The second-order valence-corrected chi connectivity index (χ2v) is 27.0. The number of benzene rings is 19. The lowest BCUT2D eigenvalue weighted by molar-refractivity contribution is 1.18. The van der Waals surface area contributed by atoms with Crippen molar-refractivity contribution in [2.75, 3.05) is 0 Å². The molecule has 0 amide bonds. The lowest BCUT2D eigenvalue weighted by atomic mass is 9.89. The molecule has 0 radical (unpaired) electrons. The quantitative estimate of drug-likeness (QED) is 0.142. The standard InChI is InChI=1S/C51H30N2.C47H28N2/c52-31-32-10-23-48-47(24-32)46-22-21-38(30-49(46)53(48)45-8-2-1-3-9-45)34-11-13-35(14-12-34)43-26-39-17-19-41-28-44(29-42-20-18-40(27-43)50(39)51(41)42)37-16-15-33-6-4-5-7-36(33)25-37;48-29-30-11-22-44-43(23-30)42-21-20-34(28-45(42)49(44)41-9-5-2-6-10-41)32-12-14-33(15-13-32)40-26-37-18-16-35-24-39(31-7-3-1-4-8-31)25-36-17-19-38(27-40)47(37)46(35)36/h1-30H;1-28H. The fourth-order valence-electron chi connectivity index (χ4n) is 16.3. The van der Waals surface area contributed by atoms with Crippen LogP contribution in [0.2, 0.25) is 0 Å². The Balaban J connectivity index is 0.000000137. The van der Waals surface area contributed by atoms with Gasteiger partial charge in [-0.1, -0.05) is 224 Å². The number of rotatable bonds is 8. The summed E-state index contributed by atoms with van der Waals surface area (Å²) in [5.74, 6) is 0. The van der Waals surface area contributed by atoms with Crippen LogP contribution in [0.3, 0.4) is 0 Å². The molecule has 21 rings (SSSR count). The van der Waals surface area contributed by atoms with Crippen LogP contribution < -0.4 is 0 Å². The summed E-state index contributed by atoms with van der Waals surface area (Å²) in [6.07, 6.45) is 0. The molecule has 0 spiro atoms. The Labute approximate surface area is 588 Å². The van der Waals surface area contributed by atoms with Crippen molar-refractivity contribution in [2.24, 2.45) is 0 Å². The van der Waals surface area contributed by atoms with Gasteiger partial charge in [-0.05, 0) is 270 Å². The van der Waals surface area contributed by atoms with Gasteiger partial charge in [-0.2, -0.15) is 10.5 Å². The van der Waals surface area contributed by atoms with Crippen LogP contribution in [0.1, 0.15) is 11.1 Å². The van der Waals surface area contributed by atoms with E-state index in [4.69, 9.17) is 0 Å². The molecule has 470 valence electrons. The van der Waals surface area contributed by atoms with Crippen molar-refractivity contribution in [3.8, 4) is 90.3 Å². The summed E-state index contributed by atoms with van der Waals surface area (Å²) in [7, 11) is 0. The summed E-state index contributed by atoms with van der Waals surface area (Å²) < 4.78 is 4.60. The first-order valence-corrected chi connectivity index (χ1v) is 34.7. The van der Waals surface area contributed by atoms with Gasteiger partial charge in [-0.25, -0.2) is 0 Å². The maximum atomic E-state index is 9.63. The predicted molar refractivity (Wildman–Crippen MR) is 429 cm³/mol. The second-order valence-electron chi connectivity index (χ2n) is 27.0. The van der Waals surface area contributed by atoms with Crippen molar-refractivity contribution in [3.05, 3.63) is 363 Å². The summed E-state index contributed by atoms with van der Waals surface area (Å²) in [6, 6.07) is 132. The molecular formula is C98H58N4. The summed E-state index contributed by atoms with van der Waals surface area (Å²) >= 11 is 0. The van der Waals surface area contributed by atoms with Crippen LogP contribution in [0.4, 0.5) is 0 Å². The third kappa shape index (κ3) is 9.66. The van der Waals surface area contributed by atoms with Gasteiger partial charge < -0.3 is 9.13 Å². The molecule has 0 unspecified atom stereocenters. The first kappa shape index (κ1) is 58.3. The number of nitrogens with zero attached hydrogens (tertiary/aromatic N) is 4. The minimum atomic E-state index is 0.669. The van der Waals surface area contributed by atoms with Crippen LogP contribution in [0, 0.1) is 22.7 Å². The normalized spacial score (nSPS) is 11.7. The molecule has 21 aromatic rings. The van der Waals surface area contributed by atoms with Crippen LogP contribution in [0.25, 0.3) is 197 Å². The monoisotopic (exact) mass is 1290 g/mol. The Hall–Kier alpha value is -13.9. The highest BCUT2D eigenvalue weighted by Crippen LogP contribution is 2.44. The highest BCUT2D eigenvalue weighted by molar-refractivity contribution is 6.26. The van der Waals surface area contributed by atoms with E-state index in [1.165, 1.54) is 125 Å². The smallest absolute Gasteiger partial charge is 0.0991 e. The van der Waals surface area contributed by atoms with E-state index in [0.717, 1.165) is 71.7 Å². The van der Waals surface area contributed by atoms with E-state index in [2.05, 4.69) is 337 Å². The third-order valence-electron chi connectivity index (χ3n) is 21.2. The average molecular weight is 1290 g/mol. The number of nitriles is 2. The Morgan fingerprint density at radius 3 is 0.824 bits per heavy atom. The average Bonchev–Trinajstić information content (AvgIpc) is 0.941. The van der Waals surface area contributed by atoms with Crippen molar-refractivity contribution in [1.82, 2.24) is 9.13 Å². The van der Waals surface area contributed by atoms with Gasteiger partial charge in [0.1, 0.15) is 0 Å². The van der Waals surface area contributed by atoms with E-state index in [1.807, 2.05) is 36.4 Å². The lowest BCUT2D eigenvalue weighted by Gasteiger charge is -2.15. The summed E-state index contributed by atoms with van der Waals surface area (Å²) in [6.45, 7) is 0. The molecule has 4 heteroatoms. The molecule has 0 bridgehead atoms. The summed E-state index contributed by atoms with van der Waals surface area (Å²) in [4.78, 5) is 0. The molecule has 19 aromatic carbocycles. The zero-order chi connectivity index (χ0) is 67.5. The van der Waals surface area contributed by atoms with Crippen molar-refractivity contribution >= 4 is 119 Å². The Bertz CT molecular complexity index is 6900. The van der Waals surface area contributed by atoms with Crippen LogP contribution in [0.5, 0.6) is 0 Å². The van der Waals surface area contributed by atoms with E-state index in [0.29, 0.717) is 11.1 Å². The van der Waals surface area contributed by atoms with Crippen molar-refractivity contribution in [1.29, 1.82) is 10.5 Å². The zero-order valence-electron chi connectivity index (χ0n) is 55.3. The molecule has 4 nitrogen and oxygen atoms in total. The minimum absolute atomic E-state index is 0.669. The van der Waals surface area contributed by atoms with Crippen LogP contribution in [0.15, 0.2) is 352 Å². The van der Waals surface area contributed by atoms with Gasteiger partial charge >= 0.3 is 0 Å². The Morgan fingerprint density at radius 1 is 0.176 bits per heavy atom. The molecule has 102 heavy (non-hydrogen) atoms. The largest absolute Gasteiger partial charge is 0.309 e. The highest BCUT2D eigenvalue weighted by atomic mass is 15.0. The fourth-order valence-corrected chi connectivity index (χ4v) is 16.3. The first-order chi connectivity index (χ1) is 50.4. The zero-order valence-corrected chi connectivity index (χ0v) is 55.3. The number of fused-ring (bicyclic) bond motifs is 7. The first-order valence-electron chi connectivity index (χ1n) is 34.7. The van der Waals surface area contributed by atoms with E-state index in [1.54, 1.807) is 0 Å². The molecule has 0 saturated heterocycles. The number of hydrogen-bond donors (Lipinski definition) is 0. The van der Waals surface area contributed by atoms with E-state index >= 15 is 0 Å². The predicted octanol–water partition coefficient (Wildman–Crippen LogP) is 26.3. The van der Waals surface area contributed by atoms with Gasteiger partial charge in [0.25, 0.3) is 0 Å². The van der Waals surface area contributed by atoms with Gasteiger partial charge in [0.15, 0.2) is 0 Å². The van der Waals surface area contributed by atoms with Crippen molar-refractivity contribution in [3.63, 3.8) is 0 Å². The van der Waals surface area contributed by atoms with Gasteiger partial charge in [-0.15, -0.1) is 0 Å². The number of aromatic nitrogens is 2. The molecule has 0 aliphatic heterocycles. The Morgan fingerprint density at radius 2 is 0.451 bits per heavy atom. The van der Waals surface area contributed by atoms with Crippen molar-refractivity contribution in [2.45, 2.75) is 0 Å². The molecule has 0 aliphatic rings. The Kier molecular flexibility index (Phi) is 13.4. The van der Waals surface area contributed by atoms with Crippen LogP contribution in [-0.2, 0) is 0 Å². The molecule has 2 heterocycles. The maximum Gasteiger partial charge on any atom is 0.0991 e. The van der Waals surface area contributed by atoms with Crippen LogP contribution in [-0.4, -0.2) is 9.13 Å². The second kappa shape index (κ2) is 23.4. The lowest BCUT2D eigenvalue weighted by Crippen LogP contribution is -1.93. The molecular weight excluding hydrogens is 1230 g/mol. The molecule has 0 atom stereocenters. The number of hydrogen-bond acceptors (Lipinski definition) is 2. The summed E-state index contributed by atoms with van der Waals surface area (Å²) in [5, 5.41) is 41.7. The maximum absolute atomic E-state index is 9.63. The SMILES string of the molecule is N#Cc1ccc2c(c1)c1ccc(-c3ccc(-c4cc5ccc6cc(-c7ccc8ccccc8c7)cc7ccc(c4)c5c67)cc3)cc1n2-c1ccccc1.N#Cc1ccc2c(c1)c1ccc(-c3ccc(-c4cc5ccc6cc(-c7ccccc7)cc7ccc(c4)c5c67)cc3)cc1n2-c1ccccc1. The van der Waals surface area contributed by atoms with Gasteiger partial charge in [0.05, 0.1) is 45.3 Å². The number of para-hydroxylation sites is 2. The molecule has 0 fully saturated rings. The molecule has 0 saturated carbocycles.